The van der Waals surface area contributed by atoms with Gasteiger partial charge in [0.15, 0.2) is 0 Å². The highest BCUT2D eigenvalue weighted by molar-refractivity contribution is 6.03. The maximum Gasteiger partial charge on any atom is 0.142 e. The van der Waals surface area contributed by atoms with Crippen molar-refractivity contribution in [3.05, 3.63) is 77.6 Å². The molecule has 0 amide bonds. The molecule has 0 spiro atoms. The summed E-state index contributed by atoms with van der Waals surface area (Å²) in [5.41, 5.74) is 5.67. The van der Waals surface area contributed by atoms with Crippen molar-refractivity contribution in [1.29, 1.82) is 0 Å². The van der Waals surface area contributed by atoms with Crippen molar-refractivity contribution < 1.29 is 0 Å². The minimum absolute atomic E-state index is 0.216. The highest BCUT2D eigenvalue weighted by atomic mass is 15.5. The number of rotatable bonds is 1. The molecule has 3 aliphatic heterocycles. The molecule has 3 nitrogen and oxygen atoms in total. The second-order valence-corrected chi connectivity index (χ2v) is 7.81. The Hall–Kier alpha value is -2.55. The van der Waals surface area contributed by atoms with Crippen LogP contribution >= 0.6 is 0 Å². The van der Waals surface area contributed by atoms with Gasteiger partial charge in [0.2, 0.25) is 0 Å². The van der Waals surface area contributed by atoms with Crippen molar-refractivity contribution >= 4 is 11.5 Å². The maximum atomic E-state index is 5.06. The first-order valence-electron chi connectivity index (χ1n) is 8.66. The highest BCUT2D eigenvalue weighted by Gasteiger charge is 2.71. The summed E-state index contributed by atoms with van der Waals surface area (Å²) in [5, 5.41) is 0. The lowest BCUT2D eigenvalue weighted by Gasteiger charge is -2.46. The van der Waals surface area contributed by atoms with Crippen LogP contribution in [0.5, 0.6) is 0 Å². The van der Waals surface area contributed by atoms with E-state index in [0.29, 0.717) is 0 Å². The Morgan fingerprint density at radius 1 is 1.00 bits per heavy atom. The molecule has 2 aromatic carbocycles. The Kier molecular flexibility index (Phi) is 2.00. The van der Waals surface area contributed by atoms with Crippen LogP contribution in [0, 0.1) is 0 Å². The SMILES string of the molecule is CC12CC1(C)N1C=CN3C(c4ccccc4)=Nc4cccc2c4C31. The van der Waals surface area contributed by atoms with Crippen LogP contribution in [0.2, 0.25) is 0 Å². The fourth-order valence-corrected chi connectivity index (χ4v) is 5.12. The van der Waals surface area contributed by atoms with Crippen molar-refractivity contribution in [2.75, 3.05) is 0 Å². The number of fused-ring (bicyclic) bond motifs is 3. The van der Waals surface area contributed by atoms with E-state index in [4.69, 9.17) is 4.99 Å². The lowest BCUT2D eigenvalue weighted by atomic mass is 9.82. The van der Waals surface area contributed by atoms with Crippen LogP contribution in [0.4, 0.5) is 5.69 Å². The molecule has 4 aliphatic rings. The third-order valence-electron chi connectivity index (χ3n) is 6.68. The fourth-order valence-electron chi connectivity index (χ4n) is 5.12. The Balaban J connectivity index is 1.65. The molecule has 1 aliphatic carbocycles. The van der Waals surface area contributed by atoms with Gasteiger partial charge in [-0.05, 0) is 25.0 Å². The topological polar surface area (TPSA) is 18.8 Å². The Morgan fingerprint density at radius 2 is 1.83 bits per heavy atom. The standard InChI is InChI=1S/C21H19N3/c1-20-13-21(20,2)24-12-11-23-18(14-7-4-3-5-8-14)22-16-10-6-9-15(20)17(16)19(23)24/h3-12,19H,13H2,1-2H3. The predicted octanol–water partition coefficient (Wildman–Crippen LogP) is 4.30. The highest BCUT2D eigenvalue weighted by Crippen LogP contribution is 2.69. The molecular weight excluding hydrogens is 294 g/mol. The average molecular weight is 313 g/mol. The second kappa shape index (κ2) is 3.75. The monoisotopic (exact) mass is 313 g/mol. The Bertz CT molecular complexity index is 945. The number of hydrogen-bond acceptors (Lipinski definition) is 3. The first-order valence-corrected chi connectivity index (χ1v) is 8.66. The molecule has 6 rings (SSSR count). The minimum atomic E-state index is 0.216. The zero-order valence-corrected chi connectivity index (χ0v) is 13.9. The third-order valence-corrected chi connectivity index (χ3v) is 6.68. The van der Waals surface area contributed by atoms with Crippen molar-refractivity contribution in [2.45, 2.75) is 37.4 Å². The molecule has 0 bridgehead atoms. The molecule has 118 valence electrons. The van der Waals surface area contributed by atoms with Gasteiger partial charge in [-0.3, -0.25) is 0 Å². The molecule has 0 aromatic heterocycles. The van der Waals surface area contributed by atoms with E-state index in [-0.39, 0.29) is 17.1 Å². The number of hydrogen-bond donors (Lipinski definition) is 0. The van der Waals surface area contributed by atoms with E-state index in [1.165, 1.54) is 23.1 Å². The molecule has 1 saturated carbocycles. The van der Waals surface area contributed by atoms with Crippen molar-refractivity contribution in [3.8, 4) is 0 Å². The normalized spacial score (nSPS) is 33.9. The summed E-state index contributed by atoms with van der Waals surface area (Å²) < 4.78 is 0. The van der Waals surface area contributed by atoms with E-state index >= 15 is 0 Å². The third kappa shape index (κ3) is 1.23. The molecule has 0 radical (unpaired) electrons. The van der Waals surface area contributed by atoms with Crippen molar-refractivity contribution in [3.63, 3.8) is 0 Å². The molecule has 2 aromatic rings. The van der Waals surface area contributed by atoms with Gasteiger partial charge in [0, 0.05) is 34.5 Å². The van der Waals surface area contributed by atoms with Crippen LogP contribution in [0.1, 0.15) is 43.1 Å². The Morgan fingerprint density at radius 3 is 2.67 bits per heavy atom. The van der Waals surface area contributed by atoms with Gasteiger partial charge >= 0.3 is 0 Å². The molecule has 24 heavy (non-hydrogen) atoms. The largest absolute Gasteiger partial charge is 0.346 e. The van der Waals surface area contributed by atoms with E-state index in [9.17, 15) is 0 Å². The van der Waals surface area contributed by atoms with E-state index in [0.717, 1.165) is 11.5 Å². The quantitative estimate of drug-likeness (QED) is 0.781. The molecular formula is C21H19N3. The zero-order chi connectivity index (χ0) is 16.1. The summed E-state index contributed by atoms with van der Waals surface area (Å²) in [6.45, 7) is 4.82. The van der Waals surface area contributed by atoms with E-state index < -0.39 is 0 Å². The van der Waals surface area contributed by atoms with Gasteiger partial charge in [-0.2, -0.15) is 0 Å². The average Bonchev–Trinajstić information content (AvgIpc) is 2.98. The number of benzene rings is 2. The summed E-state index contributed by atoms with van der Waals surface area (Å²) in [5.74, 6) is 1.05. The molecule has 3 heterocycles. The number of aliphatic imine (C=N–C) groups is 1. The van der Waals surface area contributed by atoms with Crippen molar-refractivity contribution in [1.82, 2.24) is 9.80 Å². The summed E-state index contributed by atoms with van der Waals surface area (Å²) >= 11 is 0. The molecule has 0 N–H and O–H groups in total. The van der Waals surface area contributed by atoms with Crippen LogP contribution in [0.25, 0.3) is 0 Å². The maximum absolute atomic E-state index is 5.06. The van der Waals surface area contributed by atoms with E-state index in [1.807, 2.05) is 0 Å². The lowest BCUT2D eigenvalue weighted by Crippen LogP contribution is -2.48. The first-order chi connectivity index (χ1) is 11.6. The zero-order valence-electron chi connectivity index (χ0n) is 13.9. The fraction of sp³-hybridized carbons (Fsp3) is 0.286. The van der Waals surface area contributed by atoms with Crippen LogP contribution in [0.3, 0.4) is 0 Å². The summed E-state index contributed by atoms with van der Waals surface area (Å²) in [7, 11) is 0. The molecule has 3 atom stereocenters. The van der Waals surface area contributed by atoms with Crippen LogP contribution in [-0.2, 0) is 5.41 Å². The van der Waals surface area contributed by atoms with Crippen molar-refractivity contribution in [2.24, 2.45) is 4.99 Å². The van der Waals surface area contributed by atoms with Gasteiger partial charge in [-0.25, -0.2) is 4.99 Å². The molecule has 1 fully saturated rings. The molecule has 0 saturated heterocycles. The van der Waals surface area contributed by atoms with Gasteiger partial charge in [0.1, 0.15) is 12.0 Å². The summed E-state index contributed by atoms with van der Waals surface area (Å²) in [6, 6.07) is 17.2. The van der Waals surface area contributed by atoms with Gasteiger partial charge in [0.25, 0.3) is 0 Å². The number of nitrogens with zero attached hydrogens (tertiary/aromatic N) is 3. The van der Waals surface area contributed by atoms with Crippen LogP contribution < -0.4 is 0 Å². The van der Waals surface area contributed by atoms with E-state index in [2.05, 4.69) is 84.6 Å². The number of amidine groups is 1. The first kappa shape index (κ1) is 12.8. The molecule has 3 heteroatoms. The summed E-state index contributed by atoms with van der Waals surface area (Å²) in [6.07, 6.45) is 5.96. The van der Waals surface area contributed by atoms with Gasteiger partial charge in [-0.1, -0.05) is 49.4 Å². The Labute approximate surface area is 141 Å². The lowest BCUT2D eigenvalue weighted by molar-refractivity contribution is 0.119. The van der Waals surface area contributed by atoms with Gasteiger partial charge < -0.3 is 9.80 Å². The van der Waals surface area contributed by atoms with Gasteiger partial charge in [-0.15, -0.1) is 0 Å². The van der Waals surface area contributed by atoms with Crippen LogP contribution in [0.15, 0.2) is 65.9 Å². The van der Waals surface area contributed by atoms with Crippen LogP contribution in [-0.4, -0.2) is 21.2 Å². The minimum Gasteiger partial charge on any atom is -0.346 e. The van der Waals surface area contributed by atoms with Gasteiger partial charge in [0.05, 0.1) is 5.69 Å². The predicted molar refractivity (Wildman–Crippen MR) is 95.0 cm³/mol. The van der Waals surface area contributed by atoms with E-state index in [1.54, 1.807) is 0 Å². The second-order valence-electron chi connectivity index (χ2n) is 7.81. The summed E-state index contributed by atoms with van der Waals surface area (Å²) in [4.78, 5) is 9.98. The molecule has 3 unspecified atom stereocenters. The smallest absolute Gasteiger partial charge is 0.142 e.